The van der Waals surface area contributed by atoms with Crippen molar-refractivity contribution in [1.29, 1.82) is 5.26 Å². The highest BCUT2D eigenvalue weighted by Crippen LogP contribution is 2.26. The van der Waals surface area contributed by atoms with Gasteiger partial charge >= 0.3 is 0 Å². The Balaban J connectivity index is 1.73. The molecule has 0 aromatic carbocycles. The molecule has 23 heavy (non-hydrogen) atoms. The summed E-state index contributed by atoms with van der Waals surface area (Å²) in [5.41, 5.74) is 0.521. The second kappa shape index (κ2) is 6.57. The normalized spacial score (nSPS) is 20.3. The van der Waals surface area contributed by atoms with Crippen molar-refractivity contribution in [3.63, 3.8) is 0 Å². The molecule has 6 nitrogen and oxygen atoms in total. The lowest BCUT2D eigenvalue weighted by atomic mass is 10.2. The molecule has 1 fully saturated rings. The fourth-order valence-corrected chi connectivity index (χ4v) is 2.85. The highest BCUT2D eigenvalue weighted by Gasteiger charge is 2.34. The van der Waals surface area contributed by atoms with Gasteiger partial charge in [-0.1, -0.05) is 0 Å². The van der Waals surface area contributed by atoms with Crippen molar-refractivity contribution in [2.75, 3.05) is 29.9 Å². The summed E-state index contributed by atoms with van der Waals surface area (Å²) in [6.07, 6.45) is 2.73. The van der Waals surface area contributed by atoms with E-state index in [1.807, 2.05) is 29.0 Å². The molecule has 0 bridgehead atoms. The largest absolute Gasteiger partial charge is 0.358 e. The van der Waals surface area contributed by atoms with Crippen molar-refractivity contribution in [1.82, 2.24) is 15.2 Å². The van der Waals surface area contributed by atoms with E-state index in [2.05, 4.69) is 15.2 Å². The summed E-state index contributed by atoms with van der Waals surface area (Å²) in [4.78, 5) is 8.19. The van der Waals surface area contributed by atoms with Crippen LogP contribution in [0.2, 0.25) is 0 Å². The summed E-state index contributed by atoms with van der Waals surface area (Å²) in [6.45, 7) is 0.952. The Morgan fingerprint density at radius 3 is 2.96 bits per heavy atom. The third-order valence-electron chi connectivity index (χ3n) is 3.97. The first-order valence-corrected chi connectivity index (χ1v) is 7.43. The lowest BCUT2D eigenvalue weighted by molar-refractivity contribution is 0.356. The molecular formula is C16H17FN6. The van der Waals surface area contributed by atoms with Gasteiger partial charge in [-0.2, -0.15) is 10.4 Å². The molecule has 0 radical (unpaired) electrons. The number of nitriles is 1. The Morgan fingerprint density at radius 1 is 1.43 bits per heavy atom. The van der Waals surface area contributed by atoms with Crippen LogP contribution in [0, 0.1) is 11.3 Å². The van der Waals surface area contributed by atoms with Crippen LogP contribution >= 0.6 is 0 Å². The molecule has 3 heterocycles. The molecule has 0 amide bonds. The molecule has 7 heteroatoms. The number of hydrogen-bond acceptors (Lipinski definition) is 6. The van der Waals surface area contributed by atoms with Gasteiger partial charge in [0.15, 0.2) is 5.82 Å². The minimum absolute atomic E-state index is 0.00384. The molecule has 118 valence electrons. The Labute approximate surface area is 134 Å². The lowest BCUT2D eigenvalue weighted by Crippen LogP contribution is -2.39. The maximum Gasteiger partial charge on any atom is 0.151 e. The molecule has 2 aromatic heterocycles. The van der Waals surface area contributed by atoms with Gasteiger partial charge in [-0.15, -0.1) is 5.10 Å². The van der Waals surface area contributed by atoms with E-state index in [4.69, 9.17) is 5.26 Å². The van der Waals surface area contributed by atoms with Crippen LogP contribution in [0.5, 0.6) is 0 Å². The second-order valence-corrected chi connectivity index (χ2v) is 5.62. The number of likely N-dealkylation sites (N-methyl/N-ethyl adjacent to an activating group) is 1. The zero-order chi connectivity index (χ0) is 16.2. The fraction of sp³-hybridized carbons (Fsp3) is 0.375. The average molecular weight is 312 g/mol. The third kappa shape index (κ3) is 3.37. The molecule has 0 unspecified atom stereocenters. The summed E-state index contributed by atoms with van der Waals surface area (Å²) in [5.74, 6) is 1.45. The van der Waals surface area contributed by atoms with Crippen molar-refractivity contribution in [2.24, 2.45) is 0 Å². The van der Waals surface area contributed by atoms with E-state index >= 15 is 0 Å². The van der Waals surface area contributed by atoms with Crippen molar-refractivity contribution in [3.05, 3.63) is 42.2 Å². The predicted molar refractivity (Wildman–Crippen MR) is 84.9 cm³/mol. The minimum atomic E-state index is -0.871. The first-order chi connectivity index (χ1) is 11.2. The van der Waals surface area contributed by atoms with Crippen LogP contribution in [0.3, 0.4) is 0 Å². The summed E-state index contributed by atoms with van der Waals surface area (Å²) < 4.78 is 13.9. The average Bonchev–Trinajstić information content (AvgIpc) is 2.96. The molecule has 2 atom stereocenters. The molecular weight excluding hydrogens is 295 g/mol. The van der Waals surface area contributed by atoms with Gasteiger partial charge in [0.1, 0.15) is 18.1 Å². The number of pyridine rings is 1. The number of halogens is 1. The number of nitrogens with zero attached hydrogens (tertiary/aromatic N) is 6. The molecule has 2 aromatic rings. The Kier molecular flexibility index (Phi) is 4.33. The molecule has 0 saturated carbocycles. The molecule has 0 aliphatic carbocycles. The molecule has 1 aliphatic heterocycles. The minimum Gasteiger partial charge on any atom is -0.358 e. The number of hydrogen-bond donors (Lipinski definition) is 0. The summed E-state index contributed by atoms with van der Waals surface area (Å²) >= 11 is 0. The maximum atomic E-state index is 13.9. The molecule has 1 saturated heterocycles. The molecule has 0 spiro atoms. The third-order valence-corrected chi connectivity index (χ3v) is 3.97. The van der Waals surface area contributed by atoms with Crippen LogP contribution < -0.4 is 9.80 Å². The van der Waals surface area contributed by atoms with E-state index in [1.54, 1.807) is 30.6 Å². The van der Waals surface area contributed by atoms with Crippen molar-refractivity contribution >= 4 is 11.6 Å². The van der Waals surface area contributed by atoms with E-state index < -0.39 is 6.17 Å². The van der Waals surface area contributed by atoms with E-state index in [0.717, 1.165) is 5.82 Å². The van der Waals surface area contributed by atoms with Gasteiger partial charge in [0.05, 0.1) is 18.2 Å². The number of anilines is 2. The second-order valence-electron chi connectivity index (χ2n) is 5.62. The fourth-order valence-electron chi connectivity index (χ4n) is 2.85. The van der Waals surface area contributed by atoms with Crippen LogP contribution in [0.25, 0.3) is 0 Å². The standard InChI is InChI=1S/C16H17FN6/c1-22(15-5-4-12(8-18)9-19-15)11-14-7-13(17)10-23(14)16-3-2-6-20-21-16/h2-6,9,13-14H,7,10-11H2,1H3/t13-,14-/m0/s1. The van der Waals surface area contributed by atoms with Gasteiger partial charge in [-0.3, -0.25) is 0 Å². The number of rotatable bonds is 4. The van der Waals surface area contributed by atoms with E-state index in [-0.39, 0.29) is 6.04 Å². The topological polar surface area (TPSA) is 68.9 Å². The Morgan fingerprint density at radius 2 is 2.30 bits per heavy atom. The van der Waals surface area contributed by atoms with E-state index in [0.29, 0.717) is 30.9 Å². The van der Waals surface area contributed by atoms with Gasteiger partial charge in [0.25, 0.3) is 0 Å². The number of aromatic nitrogens is 3. The van der Waals surface area contributed by atoms with Crippen LogP contribution in [0.15, 0.2) is 36.7 Å². The molecule has 3 rings (SSSR count). The van der Waals surface area contributed by atoms with Crippen LogP contribution in [0.4, 0.5) is 16.0 Å². The lowest BCUT2D eigenvalue weighted by Gasteiger charge is -2.29. The number of alkyl halides is 1. The summed E-state index contributed by atoms with van der Waals surface area (Å²) in [6, 6.07) is 9.22. The monoisotopic (exact) mass is 312 g/mol. The zero-order valence-corrected chi connectivity index (χ0v) is 12.8. The molecule has 1 aliphatic rings. The zero-order valence-electron chi connectivity index (χ0n) is 12.8. The summed E-state index contributed by atoms with van der Waals surface area (Å²) in [5, 5.41) is 16.8. The van der Waals surface area contributed by atoms with Crippen LogP contribution in [0.1, 0.15) is 12.0 Å². The highest BCUT2D eigenvalue weighted by molar-refractivity contribution is 5.44. The van der Waals surface area contributed by atoms with Gasteiger partial charge < -0.3 is 9.80 Å². The smallest absolute Gasteiger partial charge is 0.151 e. The molecule has 0 N–H and O–H groups in total. The SMILES string of the molecule is CN(C[C@@H]1C[C@H](F)CN1c1cccnn1)c1ccc(C#N)cn1. The van der Waals surface area contributed by atoms with Gasteiger partial charge in [-0.25, -0.2) is 9.37 Å². The van der Waals surface area contributed by atoms with Crippen molar-refractivity contribution in [2.45, 2.75) is 18.6 Å². The Hall–Kier alpha value is -2.75. The summed E-state index contributed by atoms with van der Waals surface area (Å²) in [7, 11) is 1.91. The van der Waals surface area contributed by atoms with E-state index in [1.165, 1.54) is 0 Å². The van der Waals surface area contributed by atoms with Crippen molar-refractivity contribution < 1.29 is 4.39 Å². The maximum absolute atomic E-state index is 13.9. The van der Waals surface area contributed by atoms with Crippen molar-refractivity contribution in [3.8, 4) is 6.07 Å². The van der Waals surface area contributed by atoms with E-state index in [9.17, 15) is 4.39 Å². The van der Waals surface area contributed by atoms with Crippen LogP contribution in [-0.4, -0.2) is 47.5 Å². The first-order valence-electron chi connectivity index (χ1n) is 7.43. The Bertz CT molecular complexity index is 684. The predicted octanol–water partition coefficient (Wildman–Crippen LogP) is 1.80. The van der Waals surface area contributed by atoms with Gasteiger partial charge in [0.2, 0.25) is 0 Å². The quantitative estimate of drug-likeness (QED) is 0.857. The van der Waals surface area contributed by atoms with Crippen LogP contribution in [-0.2, 0) is 0 Å². The van der Waals surface area contributed by atoms with Gasteiger partial charge in [0, 0.05) is 32.4 Å². The first kappa shape index (κ1) is 15.2. The van der Waals surface area contributed by atoms with Gasteiger partial charge in [-0.05, 0) is 24.3 Å². The highest BCUT2D eigenvalue weighted by atomic mass is 19.1.